The predicted octanol–water partition coefficient (Wildman–Crippen LogP) is 7.93. The van der Waals surface area contributed by atoms with Crippen molar-refractivity contribution in [2.45, 2.75) is 0 Å². The third kappa shape index (κ3) is 2.37. The predicted molar refractivity (Wildman–Crippen MR) is 134 cm³/mol. The number of aromatic amines is 2. The first-order valence-corrected chi connectivity index (χ1v) is 11.1. The number of imidazole rings is 1. The van der Waals surface area contributed by atoms with Gasteiger partial charge in [-0.3, -0.25) is 0 Å². The second-order valence-corrected chi connectivity index (χ2v) is 8.87. The number of H-pyrrole nitrogens is 2. The van der Waals surface area contributed by atoms with Gasteiger partial charge in [0.1, 0.15) is 5.82 Å². The normalized spacial score (nSPS) is 12.0. The lowest BCUT2D eigenvalue weighted by molar-refractivity contribution is 1.34. The summed E-state index contributed by atoms with van der Waals surface area (Å²) >= 11 is 3.61. The topological polar surface area (TPSA) is 44.5 Å². The van der Waals surface area contributed by atoms with Crippen LogP contribution < -0.4 is 0 Å². The Kier molecular flexibility index (Phi) is 3.41. The van der Waals surface area contributed by atoms with Gasteiger partial charge in [-0.15, -0.1) is 0 Å². The largest absolute Gasteiger partial charge is 0.360 e. The van der Waals surface area contributed by atoms with Crippen LogP contribution in [-0.2, 0) is 0 Å². The number of nitrogens with one attached hydrogen (secondary N) is 2. The highest BCUT2D eigenvalue weighted by Crippen LogP contribution is 2.39. The van der Waals surface area contributed by atoms with E-state index in [1.165, 1.54) is 32.3 Å². The molecule has 0 fully saturated rings. The first kappa shape index (κ1) is 17.1. The van der Waals surface area contributed by atoms with Gasteiger partial charge in [0.15, 0.2) is 0 Å². The Morgan fingerprint density at radius 2 is 1.52 bits per heavy atom. The van der Waals surface area contributed by atoms with Crippen molar-refractivity contribution in [1.82, 2.24) is 15.0 Å². The number of hydrogen-bond donors (Lipinski definition) is 2. The van der Waals surface area contributed by atoms with E-state index in [9.17, 15) is 0 Å². The van der Waals surface area contributed by atoms with Crippen molar-refractivity contribution in [3.8, 4) is 11.4 Å². The molecule has 5 aromatic carbocycles. The quantitative estimate of drug-likeness (QED) is 0.239. The lowest BCUT2D eigenvalue weighted by Gasteiger charge is -2.09. The van der Waals surface area contributed by atoms with Gasteiger partial charge in [-0.1, -0.05) is 76.6 Å². The second-order valence-electron chi connectivity index (χ2n) is 7.96. The van der Waals surface area contributed by atoms with Crippen molar-refractivity contribution in [1.29, 1.82) is 0 Å². The van der Waals surface area contributed by atoms with Gasteiger partial charge >= 0.3 is 0 Å². The monoisotopic (exact) mass is 461 g/mol. The second kappa shape index (κ2) is 6.19. The minimum atomic E-state index is 0.880. The van der Waals surface area contributed by atoms with Crippen LogP contribution in [0.2, 0.25) is 0 Å². The fourth-order valence-electron chi connectivity index (χ4n) is 4.85. The lowest BCUT2D eigenvalue weighted by atomic mass is 9.95. The van der Waals surface area contributed by atoms with Crippen LogP contribution in [0.1, 0.15) is 0 Å². The van der Waals surface area contributed by atoms with Gasteiger partial charge in [0.05, 0.1) is 11.0 Å². The highest BCUT2D eigenvalue weighted by atomic mass is 79.9. The van der Waals surface area contributed by atoms with E-state index >= 15 is 0 Å². The number of nitrogens with zero attached hydrogens (tertiary/aromatic N) is 1. The zero-order valence-corrected chi connectivity index (χ0v) is 18.0. The van der Waals surface area contributed by atoms with E-state index in [1.807, 2.05) is 6.20 Å². The van der Waals surface area contributed by atoms with Gasteiger partial charge in [0.2, 0.25) is 0 Å². The van der Waals surface area contributed by atoms with Crippen molar-refractivity contribution >= 4 is 70.2 Å². The summed E-state index contributed by atoms with van der Waals surface area (Å²) in [6.45, 7) is 0. The summed E-state index contributed by atoms with van der Waals surface area (Å²) in [6, 6.07) is 27.9. The number of benzene rings is 5. The standard InChI is InChI=1S/C27H16BrN3/c28-16-10-12-23-21(13-16)22(14-29-23)27-30-25-20-8-4-3-7-18(20)19-11-9-15-5-1-2-6-17(15)24(19)26(25)31-27/h1-14,29H,(H,30,31). The molecule has 0 aliphatic heterocycles. The number of fused-ring (bicyclic) bond motifs is 9. The van der Waals surface area contributed by atoms with E-state index in [-0.39, 0.29) is 0 Å². The molecule has 3 nitrogen and oxygen atoms in total. The summed E-state index contributed by atoms with van der Waals surface area (Å²) < 4.78 is 1.05. The Morgan fingerprint density at radius 3 is 2.42 bits per heavy atom. The van der Waals surface area contributed by atoms with Crippen LogP contribution in [0.15, 0.2) is 89.5 Å². The van der Waals surface area contributed by atoms with Gasteiger partial charge in [0, 0.05) is 37.9 Å². The van der Waals surface area contributed by atoms with Crippen molar-refractivity contribution in [2.75, 3.05) is 0 Å². The van der Waals surface area contributed by atoms with Gasteiger partial charge < -0.3 is 9.97 Å². The Balaban J connectivity index is 1.69. The minimum absolute atomic E-state index is 0.880. The molecule has 31 heavy (non-hydrogen) atoms. The molecule has 2 N–H and O–H groups in total. The zero-order chi connectivity index (χ0) is 20.5. The molecule has 0 saturated carbocycles. The van der Waals surface area contributed by atoms with Crippen LogP contribution in [0.3, 0.4) is 0 Å². The fourth-order valence-corrected chi connectivity index (χ4v) is 5.21. The van der Waals surface area contributed by atoms with Gasteiger partial charge in [-0.2, -0.15) is 0 Å². The molecule has 7 aromatic rings. The highest BCUT2D eigenvalue weighted by Gasteiger charge is 2.17. The molecular formula is C27H16BrN3. The van der Waals surface area contributed by atoms with Gasteiger partial charge in [0.25, 0.3) is 0 Å². The maximum absolute atomic E-state index is 5.17. The smallest absolute Gasteiger partial charge is 0.140 e. The van der Waals surface area contributed by atoms with Crippen molar-refractivity contribution in [3.63, 3.8) is 0 Å². The highest BCUT2D eigenvalue weighted by molar-refractivity contribution is 9.10. The fraction of sp³-hybridized carbons (Fsp3) is 0. The number of aromatic nitrogens is 3. The third-order valence-electron chi connectivity index (χ3n) is 6.26. The van der Waals surface area contributed by atoms with E-state index in [4.69, 9.17) is 4.98 Å². The number of rotatable bonds is 1. The maximum Gasteiger partial charge on any atom is 0.140 e. The molecule has 0 aliphatic rings. The summed E-state index contributed by atoms with van der Waals surface area (Å²) in [6.07, 6.45) is 2.04. The van der Waals surface area contributed by atoms with E-state index in [1.54, 1.807) is 0 Å². The van der Waals surface area contributed by atoms with Crippen LogP contribution in [0.25, 0.3) is 65.6 Å². The molecule has 0 bridgehead atoms. The molecule has 0 radical (unpaired) electrons. The maximum atomic E-state index is 5.17. The molecule has 0 amide bonds. The lowest BCUT2D eigenvalue weighted by Crippen LogP contribution is -1.84. The Bertz CT molecular complexity index is 1800. The average Bonchev–Trinajstić information content (AvgIpc) is 3.43. The molecule has 2 aromatic heterocycles. The molecule has 0 saturated heterocycles. The summed E-state index contributed by atoms with van der Waals surface area (Å²) in [5.74, 6) is 0.880. The number of halogens is 1. The SMILES string of the molecule is Brc1ccc2[nH]cc(-c3nc4c([nH]3)c3ccccc3c3ccc5ccccc5c34)c2c1. The Hall–Kier alpha value is -3.63. The molecule has 4 heteroatoms. The Morgan fingerprint density at radius 1 is 0.710 bits per heavy atom. The van der Waals surface area contributed by atoms with Crippen LogP contribution in [-0.4, -0.2) is 15.0 Å². The van der Waals surface area contributed by atoms with E-state index in [0.717, 1.165) is 37.8 Å². The first-order valence-electron chi connectivity index (χ1n) is 10.3. The average molecular weight is 462 g/mol. The molecule has 2 heterocycles. The third-order valence-corrected chi connectivity index (χ3v) is 6.75. The van der Waals surface area contributed by atoms with Crippen molar-refractivity contribution < 1.29 is 0 Å². The summed E-state index contributed by atoms with van der Waals surface area (Å²) in [5.41, 5.74) is 4.27. The van der Waals surface area contributed by atoms with Gasteiger partial charge in [-0.05, 0) is 39.7 Å². The Labute approximate surface area is 185 Å². The van der Waals surface area contributed by atoms with E-state index in [0.29, 0.717) is 0 Å². The molecule has 0 atom stereocenters. The van der Waals surface area contributed by atoms with E-state index in [2.05, 4.69) is 105 Å². The summed E-state index contributed by atoms with van der Waals surface area (Å²) in [4.78, 5) is 12.2. The molecule has 0 unspecified atom stereocenters. The molecule has 7 rings (SSSR count). The van der Waals surface area contributed by atoms with Crippen LogP contribution in [0, 0.1) is 0 Å². The molecule has 0 spiro atoms. The van der Waals surface area contributed by atoms with Crippen molar-refractivity contribution in [3.05, 3.63) is 89.5 Å². The van der Waals surface area contributed by atoms with Crippen LogP contribution >= 0.6 is 15.9 Å². The molecule has 0 aliphatic carbocycles. The summed E-state index contributed by atoms with van der Waals surface area (Å²) in [5, 5.41) is 8.49. The van der Waals surface area contributed by atoms with Crippen molar-refractivity contribution in [2.24, 2.45) is 0 Å². The first-order chi connectivity index (χ1) is 15.3. The summed E-state index contributed by atoms with van der Waals surface area (Å²) in [7, 11) is 0. The van der Waals surface area contributed by atoms with E-state index < -0.39 is 0 Å². The molecular weight excluding hydrogens is 446 g/mol. The van der Waals surface area contributed by atoms with Crippen LogP contribution in [0.4, 0.5) is 0 Å². The molecule has 146 valence electrons. The minimum Gasteiger partial charge on any atom is -0.360 e. The zero-order valence-electron chi connectivity index (χ0n) is 16.4. The van der Waals surface area contributed by atoms with Gasteiger partial charge in [-0.25, -0.2) is 4.98 Å². The number of hydrogen-bond acceptors (Lipinski definition) is 1. The van der Waals surface area contributed by atoms with Crippen LogP contribution in [0.5, 0.6) is 0 Å².